The Hall–Kier alpha value is -3.03. The lowest BCUT2D eigenvalue weighted by molar-refractivity contribution is -0.137. The molecular weight excluding hydrogens is 360 g/mol. The predicted octanol–water partition coefficient (Wildman–Crippen LogP) is 5.12. The fraction of sp³-hybridized carbons (Fsp3) is 0.182. The number of aromatic nitrogens is 1. The predicted molar refractivity (Wildman–Crippen MR) is 107 cm³/mol. The number of carbonyl (C=O) groups excluding carboxylic acids is 1. The highest BCUT2D eigenvalue weighted by molar-refractivity contribution is 6.31. The average molecular weight is 379 g/mol. The Balaban J connectivity index is 2.15. The number of para-hydroxylation sites is 1. The van der Waals surface area contributed by atoms with E-state index in [1.54, 1.807) is 13.0 Å². The van der Waals surface area contributed by atoms with Gasteiger partial charge in [0, 0.05) is 33.7 Å². The number of fused-ring (bicyclic) bond motifs is 1. The second-order valence-corrected chi connectivity index (χ2v) is 6.49. The third-order valence-electron chi connectivity index (χ3n) is 4.47. The molecule has 27 heavy (non-hydrogen) atoms. The molecule has 1 heterocycles. The number of esters is 1. The van der Waals surface area contributed by atoms with E-state index in [0.717, 1.165) is 27.7 Å². The average Bonchev–Trinajstić information content (AvgIpc) is 2.93. The molecule has 0 aliphatic rings. The maximum absolute atomic E-state index is 12.0. The molecule has 0 amide bonds. The summed E-state index contributed by atoms with van der Waals surface area (Å²) in [5.41, 5.74) is 3.79. The lowest BCUT2D eigenvalue weighted by Crippen LogP contribution is -2.06. The van der Waals surface area contributed by atoms with E-state index in [4.69, 9.17) is 16.3 Å². The summed E-state index contributed by atoms with van der Waals surface area (Å²) >= 11 is 6.34. The van der Waals surface area contributed by atoms with Crippen LogP contribution in [0, 0.1) is 18.3 Å². The zero-order valence-corrected chi connectivity index (χ0v) is 16.0. The summed E-state index contributed by atoms with van der Waals surface area (Å²) in [5.74, 6) is -0.609. The van der Waals surface area contributed by atoms with Crippen LogP contribution in [0.4, 0.5) is 0 Å². The second-order valence-electron chi connectivity index (χ2n) is 6.08. The highest BCUT2D eigenvalue weighted by atomic mass is 35.5. The van der Waals surface area contributed by atoms with E-state index in [1.165, 1.54) is 0 Å². The number of hydrogen-bond donors (Lipinski definition) is 0. The van der Waals surface area contributed by atoms with Gasteiger partial charge in [-0.15, -0.1) is 0 Å². The number of hydrogen-bond acceptors (Lipinski definition) is 3. The van der Waals surface area contributed by atoms with Crippen molar-refractivity contribution in [2.45, 2.75) is 20.4 Å². The Labute approximate surface area is 163 Å². The number of nitrogens with zero attached hydrogens (tertiary/aromatic N) is 2. The van der Waals surface area contributed by atoms with Crippen LogP contribution >= 0.6 is 11.6 Å². The van der Waals surface area contributed by atoms with Crippen LogP contribution in [0.25, 0.3) is 17.0 Å². The number of nitriles is 1. The van der Waals surface area contributed by atoms with Gasteiger partial charge in [0.1, 0.15) is 11.6 Å². The maximum Gasteiger partial charge on any atom is 0.348 e. The van der Waals surface area contributed by atoms with Crippen molar-refractivity contribution in [3.8, 4) is 6.07 Å². The van der Waals surface area contributed by atoms with E-state index in [2.05, 4.69) is 4.57 Å². The van der Waals surface area contributed by atoms with E-state index in [-0.39, 0.29) is 12.2 Å². The van der Waals surface area contributed by atoms with Crippen LogP contribution < -0.4 is 0 Å². The van der Waals surface area contributed by atoms with Crippen molar-refractivity contribution < 1.29 is 9.53 Å². The molecule has 0 atom stereocenters. The van der Waals surface area contributed by atoms with Crippen molar-refractivity contribution in [3.63, 3.8) is 0 Å². The summed E-state index contributed by atoms with van der Waals surface area (Å²) < 4.78 is 7.12. The first kappa shape index (κ1) is 18.8. The number of carbonyl (C=O) groups is 1. The van der Waals surface area contributed by atoms with Crippen molar-refractivity contribution >= 4 is 34.5 Å². The first-order valence-electron chi connectivity index (χ1n) is 8.67. The minimum Gasteiger partial charge on any atom is -0.462 e. The molecule has 0 N–H and O–H groups in total. The summed E-state index contributed by atoms with van der Waals surface area (Å²) in [7, 11) is 0. The fourth-order valence-corrected chi connectivity index (χ4v) is 3.33. The van der Waals surface area contributed by atoms with E-state index in [0.29, 0.717) is 11.6 Å². The van der Waals surface area contributed by atoms with Gasteiger partial charge in [0.25, 0.3) is 0 Å². The minimum atomic E-state index is -0.609. The number of rotatable bonds is 5. The standard InChI is InChI=1S/C22H19ClN2O2/c1-3-27-22(26)17(13-24)12-19-15(2)25(21-11-7-5-9-18(19)21)14-16-8-4-6-10-20(16)23/h4-12H,3,14H2,1-2H3/b17-12+. The molecule has 0 unspecified atom stereocenters. The zero-order valence-electron chi connectivity index (χ0n) is 15.2. The summed E-state index contributed by atoms with van der Waals surface area (Å²) in [4.78, 5) is 12.0. The van der Waals surface area contributed by atoms with Gasteiger partial charge in [-0.05, 0) is 37.6 Å². The van der Waals surface area contributed by atoms with Crippen LogP contribution in [0.2, 0.25) is 5.02 Å². The third kappa shape index (κ3) is 3.74. The lowest BCUT2D eigenvalue weighted by Gasteiger charge is -2.10. The molecular formula is C22H19ClN2O2. The highest BCUT2D eigenvalue weighted by Gasteiger charge is 2.17. The molecule has 0 saturated heterocycles. The quantitative estimate of drug-likeness (QED) is 0.351. The summed E-state index contributed by atoms with van der Waals surface area (Å²) in [6.07, 6.45) is 1.61. The van der Waals surface area contributed by atoms with Crippen molar-refractivity contribution in [1.82, 2.24) is 4.57 Å². The van der Waals surface area contributed by atoms with Crippen molar-refractivity contribution in [3.05, 3.63) is 75.9 Å². The van der Waals surface area contributed by atoms with E-state index < -0.39 is 5.97 Å². The van der Waals surface area contributed by atoms with Gasteiger partial charge in [0.15, 0.2) is 0 Å². The molecule has 3 rings (SSSR count). The van der Waals surface area contributed by atoms with Crippen LogP contribution in [-0.2, 0) is 16.1 Å². The Morgan fingerprint density at radius 1 is 1.22 bits per heavy atom. The van der Waals surface area contributed by atoms with E-state index in [1.807, 2.05) is 61.5 Å². The molecule has 0 saturated carbocycles. The van der Waals surface area contributed by atoms with Crippen molar-refractivity contribution in [2.24, 2.45) is 0 Å². The van der Waals surface area contributed by atoms with Crippen LogP contribution in [0.15, 0.2) is 54.1 Å². The summed E-state index contributed by atoms with van der Waals surface area (Å²) in [6, 6.07) is 17.6. The zero-order chi connectivity index (χ0) is 19.4. The molecule has 0 spiro atoms. The van der Waals surface area contributed by atoms with Gasteiger partial charge >= 0.3 is 5.97 Å². The summed E-state index contributed by atoms with van der Waals surface area (Å²) in [6.45, 7) is 4.52. The smallest absolute Gasteiger partial charge is 0.348 e. The van der Waals surface area contributed by atoms with Gasteiger partial charge in [-0.25, -0.2) is 4.79 Å². The Morgan fingerprint density at radius 2 is 1.93 bits per heavy atom. The Morgan fingerprint density at radius 3 is 2.63 bits per heavy atom. The van der Waals surface area contributed by atoms with Gasteiger partial charge in [-0.3, -0.25) is 0 Å². The number of ether oxygens (including phenoxy) is 1. The van der Waals surface area contributed by atoms with Gasteiger partial charge in [0.05, 0.1) is 6.61 Å². The van der Waals surface area contributed by atoms with Gasteiger partial charge in [0.2, 0.25) is 0 Å². The first-order valence-corrected chi connectivity index (χ1v) is 9.04. The Kier molecular flexibility index (Phi) is 5.63. The number of halogens is 1. The van der Waals surface area contributed by atoms with Crippen LogP contribution in [0.1, 0.15) is 23.7 Å². The lowest BCUT2D eigenvalue weighted by atomic mass is 10.1. The molecule has 0 aliphatic heterocycles. The molecule has 0 fully saturated rings. The monoisotopic (exact) mass is 378 g/mol. The fourth-order valence-electron chi connectivity index (χ4n) is 3.13. The molecule has 3 aromatic rings. The molecule has 1 aromatic heterocycles. The van der Waals surface area contributed by atoms with E-state index in [9.17, 15) is 10.1 Å². The second kappa shape index (κ2) is 8.11. The number of benzene rings is 2. The molecule has 2 aromatic carbocycles. The normalized spacial score (nSPS) is 11.4. The maximum atomic E-state index is 12.0. The van der Waals surface area contributed by atoms with Crippen LogP contribution in [0.5, 0.6) is 0 Å². The van der Waals surface area contributed by atoms with E-state index >= 15 is 0 Å². The van der Waals surface area contributed by atoms with Crippen LogP contribution in [0.3, 0.4) is 0 Å². The van der Waals surface area contributed by atoms with Gasteiger partial charge in [-0.1, -0.05) is 48.0 Å². The molecule has 4 nitrogen and oxygen atoms in total. The highest BCUT2D eigenvalue weighted by Crippen LogP contribution is 2.30. The largest absolute Gasteiger partial charge is 0.462 e. The summed E-state index contributed by atoms with van der Waals surface area (Å²) in [5, 5.41) is 11.1. The third-order valence-corrected chi connectivity index (χ3v) is 4.84. The van der Waals surface area contributed by atoms with Crippen molar-refractivity contribution in [1.29, 1.82) is 5.26 Å². The van der Waals surface area contributed by atoms with Gasteiger partial charge in [-0.2, -0.15) is 5.26 Å². The molecule has 0 bridgehead atoms. The van der Waals surface area contributed by atoms with Crippen LogP contribution in [-0.4, -0.2) is 17.1 Å². The first-order chi connectivity index (χ1) is 13.1. The topological polar surface area (TPSA) is 55.0 Å². The van der Waals surface area contributed by atoms with Gasteiger partial charge < -0.3 is 9.30 Å². The van der Waals surface area contributed by atoms with Crippen molar-refractivity contribution in [2.75, 3.05) is 6.61 Å². The minimum absolute atomic E-state index is 0.0133. The molecule has 0 aliphatic carbocycles. The molecule has 136 valence electrons. The SMILES string of the molecule is CCOC(=O)/C(C#N)=C/c1c(C)n(Cc2ccccc2Cl)c2ccccc12. The molecule has 0 radical (unpaired) electrons. The Bertz CT molecular complexity index is 1070. The molecule has 5 heteroatoms.